The number of amides is 1. The molecule has 0 spiro atoms. The van der Waals surface area contributed by atoms with Gasteiger partial charge in [0.1, 0.15) is 0 Å². The lowest BCUT2D eigenvalue weighted by Crippen LogP contribution is -2.57. The molecule has 1 fully saturated rings. The zero-order chi connectivity index (χ0) is 19.5. The normalized spacial score (nSPS) is 16.6. The molecule has 29 heavy (non-hydrogen) atoms. The summed E-state index contributed by atoms with van der Waals surface area (Å²) >= 11 is 0. The Bertz CT molecular complexity index is 900. The van der Waals surface area contributed by atoms with Crippen molar-refractivity contribution in [2.24, 2.45) is 0 Å². The molecule has 6 nitrogen and oxygen atoms in total. The highest BCUT2D eigenvalue weighted by atomic mass is 35.5. The minimum atomic E-state index is -3.52. The molecule has 3 rings (SSSR count). The summed E-state index contributed by atoms with van der Waals surface area (Å²) in [6, 6.07) is 11.5. The molecule has 1 aromatic carbocycles. The van der Waals surface area contributed by atoms with E-state index in [-0.39, 0.29) is 30.9 Å². The Balaban J connectivity index is 0.00000210. The van der Waals surface area contributed by atoms with E-state index >= 15 is 0 Å². The quantitative estimate of drug-likeness (QED) is 0.717. The predicted molar refractivity (Wildman–Crippen MR) is 120 cm³/mol. The molecule has 2 heterocycles. The fraction of sp³-hybridized carbons (Fsp3) is 0.400. The molecule has 2 N–H and O–H groups in total. The number of benzene rings is 1. The highest BCUT2D eigenvalue weighted by Gasteiger charge is 2.48. The molecular weight excluding hydrogens is 433 g/mol. The van der Waals surface area contributed by atoms with Gasteiger partial charge in [0.05, 0.1) is 6.04 Å². The van der Waals surface area contributed by atoms with Gasteiger partial charge in [-0.2, -0.15) is 0 Å². The van der Waals surface area contributed by atoms with Crippen molar-refractivity contribution in [3.63, 3.8) is 0 Å². The first-order valence-corrected chi connectivity index (χ1v) is 10.9. The second-order valence-corrected chi connectivity index (χ2v) is 9.40. The molecule has 1 unspecified atom stereocenters. The molecule has 160 valence electrons. The number of hydrogen-bond acceptors (Lipinski definition) is 5. The third-order valence-corrected chi connectivity index (χ3v) is 7.32. The average molecular weight is 460 g/mol. The average Bonchev–Trinajstić information content (AvgIpc) is 2.68. The number of rotatable bonds is 5. The van der Waals surface area contributed by atoms with Crippen LogP contribution in [0.15, 0.2) is 48.8 Å². The Labute approximate surface area is 184 Å². The van der Waals surface area contributed by atoms with Crippen LogP contribution >= 0.6 is 24.8 Å². The van der Waals surface area contributed by atoms with E-state index in [1.807, 2.05) is 43.3 Å². The van der Waals surface area contributed by atoms with Gasteiger partial charge < -0.3 is 10.6 Å². The van der Waals surface area contributed by atoms with E-state index in [9.17, 15) is 13.2 Å². The molecule has 1 aromatic heterocycles. The smallest absolute Gasteiger partial charge is 0.242 e. The van der Waals surface area contributed by atoms with Crippen LogP contribution < -0.4 is 10.6 Å². The number of nitrogens with one attached hydrogen (secondary N) is 2. The minimum absolute atomic E-state index is 0. The summed E-state index contributed by atoms with van der Waals surface area (Å²) in [5, 5.41) is 6.04. The molecule has 1 atom stereocenters. The Kier molecular flexibility index (Phi) is 9.09. The second-order valence-electron chi connectivity index (χ2n) is 7.07. The van der Waals surface area contributed by atoms with Gasteiger partial charge in [-0.05, 0) is 61.7 Å². The maximum Gasteiger partial charge on any atom is 0.242 e. The van der Waals surface area contributed by atoms with Gasteiger partial charge in [0.15, 0.2) is 14.6 Å². The lowest BCUT2D eigenvalue weighted by molar-refractivity contribution is -0.125. The zero-order valence-electron chi connectivity index (χ0n) is 16.4. The monoisotopic (exact) mass is 459 g/mol. The molecule has 9 heteroatoms. The molecule has 0 radical (unpaired) electrons. The van der Waals surface area contributed by atoms with Crippen molar-refractivity contribution in [3.8, 4) is 11.1 Å². The zero-order valence-corrected chi connectivity index (χ0v) is 18.9. The van der Waals surface area contributed by atoms with Crippen molar-refractivity contribution in [2.75, 3.05) is 19.3 Å². The molecule has 1 amide bonds. The summed E-state index contributed by atoms with van der Waals surface area (Å²) in [6.45, 7) is 2.92. The van der Waals surface area contributed by atoms with Crippen LogP contribution in [0.25, 0.3) is 11.1 Å². The van der Waals surface area contributed by atoms with Crippen LogP contribution in [0.2, 0.25) is 0 Å². The van der Waals surface area contributed by atoms with Crippen molar-refractivity contribution in [3.05, 3.63) is 54.4 Å². The number of piperidine rings is 1. The standard InChI is InChI=1S/C20H25N3O3S.2ClH/c1-15(16-3-5-17(6-4-16)18-7-11-21-12-8-18)23-19(24)20(27(2,25)26)9-13-22-14-10-20;;/h3-8,11-12,15,22H,9-10,13-14H2,1-2H3,(H,23,24);2*1H. The van der Waals surface area contributed by atoms with Gasteiger partial charge in [0, 0.05) is 18.6 Å². The van der Waals surface area contributed by atoms with Crippen LogP contribution in [-0.4, -0.2) is 43.4 Å². The fourth-order valence-corrected chi connectivity index (χ4v) is 4.86. The summed E-state index contributed by atoms with van der Waals surface area (Å²) < 4.78 is 23.4. The molecule has 1 saturated heterocycles. The molecule has 0 aliphatic carbocycles. The van der Waals surface area contributed by atoms with Gasteiger partial charge in [-0.3, -0.25) is 9.78 Å². The van der Waals surface area contributed by atoms with E-state index in [1.165, 1.54) is 0 Å². The Morgan fingerprint density at radius 3 is 2.07 bits per heavy atom. The molecule has 2 aromatic rings. The Hall–Kier alpha value is -1.67. The molecule has 0 bridgehead atoms. The molecule has 1 aliphatic rings. The van der Waals surface area contributed by atoms with Crippen molar-refractivity contribution in [1.29, 1.82) is 0 Å². The second kappa shape index (κ2) is 10.4. The first kappa shape index (κ1) is 25.4. The lowest BCUT2D eigenvalue weighted by atomic mass is 9.95. The maximum absolute atomic E-state index is 12.9. The first-order chi connectivity index (χ1) is 12.8. The Morgan fingerprint density at radius 1 is 1.03 bits per heavy atom. The van der Waals surface area contributed by atoms with Gasteiger partial charge >= 0.3 is 0 Å². The van der Waals surface area contributed by atoms with Crippen LogP contribution in [0, 0.1) is 0 Å². The molecular formula is C20H27Cl2N3O3S. The van der Waals surface area contributed by atoms with Crippen molar-refractivity contribution < 1.29 is 13.2 Å². The number of hydrogen-bond donors (Lipinski definition) is 2. The van der Waals surface area contributed by atoms with E-state index in [4.69, 9.17) is 0 Å². The number of carbonyl (C=O) groups is 1. The highest BCUT2D eigenvalue weighted by Crippen LogP contribution is 2.29. The van der Waals surface area contributed by atoms with Crippen LogP contribution in [0.4, 0.5) is 0 Å². The van der Waals surface area contributed by atoms with Gasteiger partial charge in [-0.15, -0.1) is 24.8 Å². The van der Waals surface area contributed by atoms with Gasteiger partial charge in [-0.25, -0.2) is 8.42 Å². The largest absolute Gasteiger partial charge is 0.348 e. The molecule has 1 aliphatic heterocycles. The van der Waals surface area contributed by atoms with Crippen molar-refractivity contribution in [1.82, 2.24) is 15.6 Å². The third-order valence-electron chi connectivity index (χ3n) is 5.31. The van der Waals surface area contributed by atoms with Gasteiger partial charge in [0.25, 0.3) is 0 Å². The van der Waals surface area contributed by atoms with Gasteiger partial charge in [0.2, 0.25) is 5.91 Å². The van der Waals surface area contributed by atoms with Crippen LogP contribution in [0.3, 0.4) is 0 Å². The number of aromatic nitrogens is 1. The van der Waals surface area contributed by atoms with Crippen LogP contribution in [0.5, 0.6) is 0 Å². The third kappa shape index (κ3) is 5.48. The lowest BCUT2D eigenvalue weighted by Gasteiger charge is -2.35. The summed E-state index contributed by atoms with van der Waals surface area (Å²) in [6.07, 6.45) is 5.24. The first-order valence-electron chi connectivity index (χ1n) is 9.05. The summed E-state index contributed by atoms with van der Waals surface area (Å²) in [5.74, 6) is -0.405. The van der Waals surface area contributed by atoms with Gasteiger partial charge in [-0.1, -0.05) is 24.3 Å². The predicted octanol–water partition coefficient (Wildman–Crippen LogP) is 2.94. The minimum Gasteiger partial charge on any atom is -0.348 e. The number of carbonyl (C=O) groups excluding carboxylic acids is 1. The van der Waals surface area contributed by atoms with E-state index in [2.05, 4.69) is 15.6 Å². The SMILES string of the molecule is CC(NC(=O)C1(S(C)(=O)=O)CCNCC1)c1ccc(-c2ccncc2)cc1.Cl.Cl. The number of halogens is 2. The van der Waals surface area contributed by atoms with Crippen LogP contribution in [0.1, 0.15) is 31.4 Å². The number of nitrogens with zero attached hydrogens (tertiary/aromatic N) is 1. The highest BCUT2D eigenvalue weighted by molar-refractivity contribution is 7.92. The van der Waals surface area contributed by atoms with E-state index in [0.717, 1.165) is 22.9 Å². The summed E-state index contributed by atoms with van der Waals surface area (Å²) in [7, 11) is -3.52. The maximum atomic E-state index is 12.9. The number of sulfone groups is 1. The van der Waals surface area contributed by atoms with E-state index < -0.39 is 20.5 Å². The Morgan fingerprint density at radius 2 is 1.55 bits per heavy atom. The number of pyridine rings is 1. The fourth-order valence-electron chi connectivity index (χ4n) is 3.52. The summed E-state index contributed by atoms with van der Waals surface area (Å²) in [5.41, 5.74) is 3.06. The van der Waals surface area contributed by atoms with Crippen molar-refractivity contribution >= 4 is 40.6 Å². The van der Waals surface area contributed by atoms with E-state index in [1.54, 1.807) is 12.4 Å². The van der Waals surface area contributed by atoms with Crippen molar-refractivity contribution in [2.45, 2.75) is 30.6 Å². The summed E-state index contributed by atoms with van der Waals surface area (Å²) in [4.78, 5) is 16.9. The molecule has 0 saturated carbocycles. The topological polar surface area (TPSA) is 88.2 Å². The van der Waals surface area contributed by atoms with E-state index in [0.29, 0.717) is 25.9 Å². The van der Waals surface area contributed by atoms with Crippen LogP contribution in [-0.2, 0) is 14.6 Å².